The molecular formula is C14H28N2. The van der Waals surface area contributed by atoms with Gasteiger partial charge in [-0.15, -0.1) is 0 Å². The Morgan fingerprint density at radius 1 is 0.938 bits per heavy atom. The fraction of sp³-hybridized carbons (Fsp3) is 1.00. The summed E-state index contributed by atoms with van der Waals surface area (Å²) in [5.41, 5.74) is 0.688. The normalized spacial score (nSPS) is 36.8. The van der Waals surface area contributed by atoms with E-state index in [1.165, 1.54) is 26.1 Å². The van der Waals surface area contributed by atoms with Crippen LogP contribution in [0.15, 0.2) is 0 Å². The third-order valence-corrected chi connectivity index (χ3v) is 4.18. The van der Waals surface area contributed by atoms with Crippen LogP contribution in [0.1, 0.15) is 48.0 Å². The van der Waals surface area contributed by atoms with Crippen LogP contribution in [0.25, 0.3) is 0 Å². The highest BCUT2D eigenvalue weighted by molar-refractivity contribution is 5.02. The Balaban J connectivity index is 2.28. The summed E-state index contributed by atoms with van der Waals surface area (Å²) < 4.78 is 0. The van der Waals surface area contributed by atoms with Gasteiger partial charge in [-0.1, -0.05) is 20.8 Å². The fourth-order valence-electron chi connectivity index (χ4n) is 3.50. The maximum Gasteiger partial charge on any atom is 0.0280 e. The van der Waals surface area contributed by atoms with E-state index in [9.17, 15) is 0 Å². The van der Waals surface area contributed by atoms with Crippen LogP contribution in [0.2, 0.25) is 0 Å². The second-order valence-corrected chi connectivity index (χ2v) is 7.66. The number of hydrogen-bond acceptors (Lipinski definition) is 2. The number of hydrogen-bond donors (Lipinski definition) is 0. The zero-order valence-electron chi connectivity index (χ0n) is 11.9. The standard InChI is InChI=1S/C14H28N2/c1-13(2,3)12-10-15-8-7-11(9-15)16(12)14(4,5)6/h11-12H,7-10H2,1-6H3. The van der Waals surface area contributed by atoms with Crippen LogP contribution >= 0.6 is 0 Å². The Hall–Kier alpha value is -0.0800. The van der Waals surface area contributed by atoms with Gasteiger partial charge < -0.3 is 4.90 Å². The molecule has 0 aliphatic carbocycles. The molecule has 0 radical (unpaired) electrons. The van der Waals surface area contributed by atoms with Crippen LogP contribution < -0.4 is 0 Å². The first-order valence-corrected chi connectivity index (χ1v) is 6.70. The molecule has 16 heavy (non-hydrogen) atoms. The summed E-state index contributed by atoms with van der Waals surface area (Å²) in [6, 6.07) is 1.49. The van der Waals surface area contributed by atoms with Crippen LogP contribution in [-0.2, 0) is 0 Å². The van der Waals surface area contributed by atoms with E-state index >= 15 is 0 Å². The molecule has 2 heteroatoms. The highest BCUT2D eigenvalue weighted by Crippen LogP contribution is 2.38. The lowest BCUT2D eigenvalue weighted by molar-refractivity contribution is -0.0462. The Bertz CT molecular complexity index is 259. The van der Waals surface area contributed by atoms with Crippen LogP contribution in [0.5, 0.6) is 0 Å². The molecule has 0 saturated carbocycles. The van der Waals surface area contributed by atoms with Gasteiger partial charge in [0, 0.05) is 30.7 Å². The van der Waals surface area contributed by atoms with Crippen molar-refractivity contribution < 1.29 is 0 Å². The summed E-state index contributed by atoms with van der Waals surface area (Å²) in [6.45, 7) is 18.2. The van der Waals surface area contributed by atoms with Crippen molar-refractivity contribution >= 4 is 0 Å². The first-order chi connectivity index (χ1) is 7.19. The molecule has 3 atom stereocenters. The Morgan fingerprint density at radius 3 is 2.06 bits per heavy atom. The van der Waals surface area contributed by atoms with E-state index in [4.69, 9.17) is 0 Å². The van der Waals surface area contributed by atoms with Gasteiger partial charge >= 0.3 is 0 Å². The highest BCUT2D eigenvalue weighted by atomic mass is 15.4. The predicted octanol–water partition coefficient (Wildman–Crippen LogP) is 2.59. The second-order valence-electron chi connectivity index (χ2n) is 7.66. The molecular weight excluding hydrogens is 196 g/mol. The predicted molar refractivity (Wildman–Crippen MR) is 69.7 cm³/mol. The van der Waals surface area contributed by atoms with Gasteiger partial charge in [-0.05, 0) is 39.2 Å². The van der Waals surface area contributed by atoms with Gasteiger partial charge in [0.1, 0.15) is 0 Å². The molecule has 94 valence electrons. The molecule has 2 bridgehead atoms. The average Bonchev–Trinajstić information content (AvgIpc) is 2.42. The molecule has 2 saturated heterocycles. The van der Waals surface area contributed by atoms with E-state index < -0.39 is 0 Å². The van der Waals surface area contributed by atoms with E-state index in [0.29, 0.717) is 17.0 Å². The molecule has 0 N–H and O–H groups in total. The molecule has 3 unspecified atom stereocenters. The topological polar surface area (TPSA) is 6.48 Å². The number of nitrogens with zero attached hydrogens (tertiary/aromatic N) is 2. The molecule has 2 rings (SSSR count). The summed E-state index contributed by atoms with van der Waals surface area (Å²) in [6.07, 6.45) is 1.36. The number of rotatable bonds is 0. The minimum atomic E-state index is 0.305. The third-order valence-electron chi connectivity index (χ3n) is 4.18. The molecule has 0 spiro atoms. The lowest BCUT2D eigenvalue weighted by Gasteiger charge is -2.53. The highest BCUT2D eigenvalue weighted by Gasteiger charge is 2.47. The maximum absolute atomic E-state index is 2.80. The molecule has 2 fully saturated rings. The molecule has 0 amide bonds. The smallest absolute Gasteiger partial charge is 0.0280 e. The van der Waals surface area contributed by atoms with Crippen molar-refractivity contribution in [3.8, 4) is 0 Å². The summed E-state index contributed by atoms with van der Waals surface area (Å²) in [7, 11) is 0. The summed E-state index contributed by atoms with van der Waals surface area (Å²) in [5, 5.41) is 0. The third kappa shape index (κ3) is 2.14. The Kier molecular flexibility index (Phi) is 2.87. The molecule has 0 aromatic heterocycles. The van der Waals surface area contributed by atoms with Crippen molar-refractivity contribution in [2.75, 3.05) is 19.6 Å². The van der Waals surface area contributed by atoms with Crippen molar-refractivity contribution in [2.45, 2.75) is 65.6 Å². The van der Waals surface area contributed by atoms with Crippen LogP contribution in [0.4, 0.5) is 0 Å². The molecule has 2 aliphatic rings. The van der Waals surface area contributed by atoms with Gasteiger partial charge in [-0.2, -0.15) is 0 Å². The monoisotopic (exact) mass is 224 g/mol. The van der Waals surface area contributed by atoms with Crippen LogP contribution in [0, 0.1) is 5.41 Å². The largest absolute Gasteiger partial charge is 0.300 e. The van der Waals surface area contributed by atoms with Gasteiger partial charge in [0.05, 0.1) is 0 Å². The zero-order valence-corrected chi connectivity index (χ0v) is 11.9. The van der Waals surface area contributed by atoms with E-state index in [1.807, 2.05) is 0 Å². The summed E-state index contributed by atoms with van der Waals surface area (Å²) in [5.74, 6) is 0. The maximum atomic E-state index is 2.80. The van der Waals surface area contributed by atoms with Crippen LogP contribution in [-0.4, -0.2) is 47.1 Å². The van der Waals surface area contributed by atoms with Crippen molar-refractivity contribution in [1.29, 1.82) is 0 Å². The van der Waals surface area contributed by atoms with Gasteiger partial charge in [0.2, 0.25) is 0 Å². The van der Waals surface area contributed by atoms with Crippen molar-refractivity contribution in [1.82, 2.24) is 9.80 Å². The minimum Gasteiger partial charge on any atom is -0.300 e. The first-order valence-electron chi connectivity index (χ1n) is 6.70. The molecule has 0 aromatic rings. The number of fused-ring (bicyclic) bond motifs is 2. The quantitative estimate of drug-likeness (QED) is 0.624. The summed E-state index contributed by atoms with van der Waals surface area (Å²) >= 11 is 0. The van der Waals surface area contributed by atoms with Gasteiger partial charge in [0.15, 0.2) is 0 Å². The van der Waals surface area contributed by atoms with Crippen molar-refractivity contribution in [2.24, 2.45) is 5.41 Å². The summed E-state index contributed by atoms with van der Waals surface area (Å²) in [4.78, 5) is 5.46. The first kappa shape index (κ1) is 12.4. The van der Waals surface area contributed by atoms with Gasteiger partial charge in [0.25, 0.3) is 0 Å². The minimum absolute atomic E-state index is 0.305. The van der Waals surface area contributed by atoms with E-state index in [-0.39, 0.29) is 0 Å². The van der Waals surface area contributed by atoms with Gasteiger partial charge in [-0.3, -0.25) is 4.90 Å². The fourth-order valence-corrected chi connectivity index (χ4v) is 3.50. The zero-order chi connectivity index (χ0) is 12.1. The SMILES string of the molecule is CC(C)(C)C1CN2CCC(C2)N1C(C)(C)C. The molecule has 2 heterocycles. The van der Waals surface area contributed by atoms with E-state index in [1.54, 1.807) is 0 Å². The van der Waals surface area contributed by atoms with E-state index in [2.05, 4.69) is 51.3 Å². The van der Waals surface area contributed by atoms with Crippen molar-refractivity contribution in [3.63, 3.8) is 0 Å². The number of piperazine rings is 1. The molecule has 2 aliphatic heterocycles. The average molecular weight is 224 g/mol. The molecule has 0 aromatic carbocycles. The van der Waals surface area contributed by atoms with Crippen LogP contribution in [0.3, 0.4) is 0 Å². The molecule has 2 nitrogen and oxygen atoms in total. The van der Waals surface area contributed by atoms with E-state index in [0.717, 1.165) is 6.04 Å². The second kappa shape index (κ2) is 3.71. The Labute approximate surface area is 101 Å². The lowest BCUT2D eigenvalue weighted by Crippen LogP contribution is -2.64. The van der Waals surface area contributed by atoms with Gasteiger partial charge in [-0.25, -0.2) is 0 Å². The lowest BCUT2D eigenvalue weighted by atomic mass is 9.81. The Morgan fingerprint density at radius 2 is 1.56 bits per heavy atom. The van der Waals surface area contributed by atoms with Crippen molar-refractivity contribution in [3.05, 3.63) is 0 Å².